The van der Waals surface area contributed by atoms with E-state index < -0.39 is 0 Å². The zero-order chi connectivity index (χ0) is 16.1. The van der Waals surface area contributed by atoms with Crippen LogP contribution in [0.3, 0.4) is 0 Å². The van der Waals surface area contributed by atoms with Crippen molar-refractivity contribution in [3.63, 3.8) is 0 Å². The fourth-order valence-corrected chi connectivity index (χ4v) is 3.52. The van der Waals surface area contributed by atoms with Crippen LogP contribution in [0.4, 0.5) is 0 Å². The van der Waals surface area contributed by atoms with Crippen molar-refractivity contribution in [2.45, 2.75) is 32.6 Å². The summed E-state index contributed by atoms with van der Waals surface area (Å²) in [7, 11) is 0. The Morgan fingerprint density at radius 3 is 2.70 bits per heavy atom. The molecule has 0 aliphatic heterocycles. The number of hydrogen-bond donors (Lipinski definition) is 2. The lowest BCUT2D eigenvalue weighted by atomic mass is 10.1. The van der Waals surface area contributed by atoms with Gasteiger partial charge in [-0.2, -0.15) is 5.10 Å². The Bertz CT molecular complexity index is 747. The standard InChI is InChI=1S/C17H21N5S/c1-12-16(23-15(19-12)10-11-18)17-20-14(21-22-17)9-5-8-13-6-3-2-4-7-13/h2-4,6-7H,5,8-11,18H2,1H3,(H,20,21,22). The van der Waals surface area contributed by atoms with Gasteiger partial charge >= 0.3 is 0 Å². The highest BCUT2D eigenvalue weighted by Gasteiger charge is 2.14. The van der Waals surface area contributed by atoms with Gasteiger partial charge in [-0.3, -0.25) is 5.10 Å². The molecule has 2 heterocycles. The first kappa shape index (κ1) is 15.8. The zero-order valence-corrected chi connectivity index (χ0v) is 14.1. The third kappa shape index (κ3) is 4.03. The average molecular weight is 327 g/mol. The van der Waals surface area contributed by atoms with Crippen LogP contribution in [-0.4, -0.2) is 26.7 Å². The molecule has 5 nitrogen and oxygen atoms in total. The maximum atomic E-state index is 5.59. The van der Waals surface area contributed by atoms with Gasteiger partial charge in [0, 0.05) is 12.8 Å². The number of thiazole rings is 1. The highest BCUT2D eigenvalue weighted by Crippen LogP contribution is 2.27. The van der Waals surface area contributed by atoms with E-state index in [4.69, 9.17) is 5.73 Å². The molecule has 0 fully saturated rings. The maximum Gasteiger partial charge on any atom is 0.193 e. The number of rotatable bonds is 7. The van der Waals surface area contributed by atoms with Gasteiger partial charge in [-0.15, -0.1) is 11.3 Å². The Balaban J connectivity index is 1.61. The van der Waals surface area contributed by atoms with Crippen LogP contribution in [0.2, 0.25) is 0 Å². The van der Waals surface area contributed by atoms with Crippen LogP contribution in [0.5, 0.6) is 0 Å². The summed E-state index contributed by atoms with van der Waals surface area (Å²) in [6.45, 7) is 2.61. The summed E-state index contributed by atoms with van der Waals surface area (Å²) in [6, 6.07) is 10.5. The van der Waals surface area contributed by atoms with Gasteiger partial charge in [0.15, 0.2) is 5.82 Å². The van der Waals surface area contributed by atoms with E-state index >= 15 is 0 Å². The molecule has 0 saturated heterocycles. The predicted octanol–water partition coefficient (Wildman–Crippen LogP) is 2.91. The number of aromatic nitrogens is 4. The lowest BCUT2D eigenvalue weighted by Gasteiger charge is -1.98. The Kier molecular flexibility index (Phi) is 5.15. The SMILES string of the molecule is Cc1nc(CCN)sc1-c1n[nH]c(CCCc2ccccc2)n1. The molecule has 0 saturated carbocycles. The van der Waals surface area contributed by atoms with Crippen molar-refractivity contribution in [1.29, 1.82) is 0 Å². The Hall–Kier alpha value is -2.05. The van der Waals surface area contributed by atoms with Crippen LogP contribution in [-0.2, 0) is 19.3 Å². The Morgan fingerprint density at radius 2 is 1.91 bits per heavy atom. The lowest BCUT2D eigenvalue weighted by Crippen LogP contribution is -2.01. The first-order valence-corrected chi connectivity index (χ1v) is 8.70. The second kappa shape index (κ2) is 7.48. The largest absolute Gasteiger partial charge is 0.330 e. The molecule has 0 bridgehead atoms. The van der Waals surface area contributed by atoms with Crippen molar-refractivity contribution in [3.8, 4) is 10.7 Å². The van der Waals surface area contributed by atoms with Crippen LogP contribution < -0.4 is 5.73 Å². The van der Waals surface area contributed by atoms with Gasteiger partial charge in [-0.05, 0) is 31.9 Å². The molecule has 120 valence electrons. The number of benzene rings is 1. The number of nitrogens with one attached hydrogen (secondary N) is 1. The maximum absolute atomic E-state index is 5.59. The number of H-pyrrole nitrogens is 1. The smallest absolute Gasteiger partial charge is 0.193 e. The molecule has 0 radical (unpaired) electrons. The fraction of sp³-hybridized carbons (Fsp3) is 0.353. The first-order valence-electron chi connectivity index (χ1n) is 7.88. The molecule has 3 aromatic rings. The molecule has 0 aliphatic rings. The van der Waals surface area contributed by atoms with E-state index in [-0.39, 0.29) is 0 Å². The van der Waals surface area contributed by atoms with E-state index in [0.29, 0.717) is 6.54 Å². The number of aryl methyl sites for hydroxylation is 3. The van der Waals surface area contributed by atoms with E-state index in [1.165, 1.54) is 5.56 Å². The number of nitrogens with two attached hydrogens (primary N) is 1. The van der Waals surface area contributed by atoms with Gasteiger partial charge < -0.3 is 5.73 Å². The molecule has 0 spiro atoms. The van der Waals surface area contributed by atoms with Gasteiger partial charge in [0.25, 0.3) is 0 Å². The summed E-state index contributed by atoms with van der Waals surface area (Å²) in [5, 5.41) is 8.45. The highest BCUT2D eigenvalue weighted by molar-refractivity contribution is 7.15. The van der Waals surface area contributed by atoms with Crippen LogP contribution in [0.1, 0.15) is 28.5 Å². The third-order valence-corrected chi connectivity index (χ3v) is 4.87. The minimum atomic E-state index is 0.616. The highest BCUT2D eigenvalue weighted by atomic mass is 32.1. The van der Waals surface area contributed by atoms with Crippen molar-refractivity contribution in [1.82, 2.24) is 20.2 Å². The molecule has 2 aromatic heterocycles. The summed E-state index contributed by atoms with van der Waals surface area (Å²) >= 11 is 1.64. The van der Waals surface area contributed by atoms with Crippen molar-refractivity contribution in [2.75, 3.05) is 6.54 Å². The van der Waals surface area contributed by atoms with Gasteiger partial charge in [0.05, 0.1) is 15.6 Å². The molecule has 1 aromatic carbocycles. The van der Waals surface area contributed by atoms with Crippen molar-refractivity contribution < 1.29 is 0 Å². The zero-order valence-electron chi connectivity index (χ0n) is 13.2. The van der Waals surface area contributed by atoms with E-state index in [2.05, 4.69) is 44.4 Å². The van der Waals surface area contributed by atoms with E-state index in [1.54, 1.807) is 11.3 Å². The minimum Gasteiger partial charge on any atom is -0.330 e. The Labute approximate surface area is 140 Å². The number of nitrogens with zero attached hydrogens (tertiary/aromatic N) is 3. The average Bonchev–Trinajstić information content (AvgIpc) is 3.15. The quantitative estimate of drug-likeness (QED) is 0.699. The van der Waals surface area contributed by atoms with Crippen molar-refractivity contribution in [2.24, 2.45) is 5.73 Å². The van der Waals surface area contributed by atoms with Gasteiger partial charge in [-0.25, -0.2) is 9.97 Å². The molecular weight excluding hydrogens is 306 g/mol. The lowest BCUT2D eigenvalue weighted by molar-refractivity contribution is 0.775. The molecule has 0 aliphatic carbocycles. The first-order chi connectivity index (χ1) is 11.3. The summed E-state index contributed by atoms with van der Waals surface area (Å²) in [4.78, 5) is 10.2. The van der Waals surface area contributed by atoms with Gasteiger partial charge in [-0.1, -0.05) is 30.3 Å². The molecule has 0 amide bonds. The summed E-state index contributed by atoms with van der Waals surface area (Å²) < 4.78 is 0. The Morgan fingerprint density at radius 1 is 1.09 bits per heavy atom. The minimum absolute atomic E-state index is 0.616. The van der Waals surface area contributed by atoms with Gasteiger partial charge in [0.2, 0.25) is 0 Å². The molecule has 3 rings (SSSR count). The number of aromatic amines is 1. The molecule has 6 heteroatoms. The summed E-state index contributed by atoms with van der Waals surface area (Å²) in [5.41, 5.74) is 7.93. The third-order valence-electron chi connectivity index (χ3n) is 3.66. The van der Waals surface area contributed by atoms with Crippen LogP contribution >= 0.6 is 11.3 Å². The summed E-state index contributed by atoms with van der Waals surface area (Å²) in [6.07, 6.45) is 3.81. The monoisotopic (exact) mass is 327 g/mol. The second-order valence-electron chi connectivity index (χ2n) is 5.51. The molecule has 3 N–H and O–H groups in total. The van der Waals surface area contributed by atoms with E-state index in [0.717, 1.165) is 52.9 Å². The van der Waals surface area contributed by atoms with Crippen LogP contribution in [0.25, 0.3) is 10.7 Å². The van der Waals surface area contributed by atoms with Crippen LogP contribution in [0, 0.1) is 6.92 Å². The van der Waals surface area contributed by atoms with Gasteiger partial charge in [0.1, 0.15) is 5.82 Å². The molecule has 23 heavy (non-hydrogen) atoms. The van der Waals surface area contributed by atoms with Crippen molar-refractivity contribution >= 4 is 11.3 Å². The topological polar surface area (TPSA) is 80.5 Å². The summed E-state index contributed by atoms with van der Waals surface area (Å²) in [5.74, 6) is 1.68. The molecular formula is C17H21N5S. The van der Waals surface area contributed by atoms with Crippen molar-refractivity contribution in [3.05, 3.63) is 52.4 Å². The molecule has 0 unspecified atom stereocenters. The predicted molar refractivity (Wildman–Crippen MR) is 93.5 cm³/mol. The number of hydrogen-bond acceptors (Lipinski definition) is 5. The van der Waals surface area contributed by atoms with E-state index in [1.807, 2.05) is 13.0 Å². The van der Waals surface area contributed by atoms with E-state index in [9.17, 15) is 0 Å². The van der Waals surface area contributed by atoms with Crippen LogP contribution in [0.15, 0.2) is 30.3 Å². The fourth-order valence-electron chi connectivity index (χ4n) is 2.50. The second-order valence-corrected chi connectivity index (χ2v) is 6.59. The normalized spacial score (nSPS) is 11.0. The molecule has 0 atom stereocenters.